The van der Waals surface area contributed by atoms with Crippen molar-refractivity contribution in [2.24, 2.45) is 0 Å². The van der Waals surface area contributed by atoms with Crippen molar-refractivity contribution >= 4 is 120 Å². The zero-order valence-electron chi connectivity index (χ0n) is 37.6. The number of hydrogen-bond donors (Lipinski definition) is 1. The molecule has 0 saturated heterocycles. The van der Waals surface area contributed by atoms with Gasteiger partial charge in [0.15, 0.2) is 0 Å². The number of hydrogen-bond acceptors (Lipinski definition) is 3. The highest BCUT2D eigenvalue weighted by atomic mass is 32.1. The van der Waals surface area contributed by atoms with Crippen LogP contribution >= 0.6 is 22.7 Å². The molecule has 2 aliphatic carbocycles. The lowest BCUT2D eigenvalue weighted by molar-refractivity contribution is 0.332. The summed E-state index contributed by atoms with van der Waals surface area (Å²) in [6.45, 7) is 19.7. The first-order valence-corrected chi connectivity index (χ1v) is 24.6. The molecular formula is C58H52BN2S2. The largest absolute Gasteiger partial charge is 0.354 e. The number of benzene rings is 7. The number of rotatable bonds is 2. The Morgan fingerprint density at radius 2 is 1.14 bits per heavy atom. The highest BCUT2D eigenvalue weighted by Gasteiger charge is 2.42. The van der Waals surface area contributed by atoms with Crippen LogP contribution in [-0.4, -0.2) is 12.3 Å². The first-order valence-electron chi connectivity index (χ1n) is 23.0. The van der Waals surface area contributed by atoms with Crippen molar-refractivity contribution in [2.45, 2.75) is 103 Å². The Balaban J connectivity index is 1.16. The molecule has 13 rings (SSSR count). The molecule has 3 aromatic heterocycles. The van der Waals surface area contributed by atoms with Gasteiger partial charge in [0, 0.05) is 57.8 Å². The number of aromatic amines is 1. The molecule has 0 spiro atoms. The molecule has 0 atom stereocenters. The number of para-hydroxylation sites is 1. The van der Waals surface area contributed by atoms with Crippen LogP contribution in [0.25, 0.3) is 74.0 Å². The lowest BCUT2D eigenvalue weighted by atomic mass is 9.61. The van der Waals surface area contributed by atoms with E-state index in [0.29, 0.717) is 0 Å². The van der Waals surface area contributed by atoms with Crippen LogP contribution in [0.15, 0.2) is 115 Å². The van der Waals surface area contributed by atoms with E-state index >= 15 is 0 Å². The van der Waals surface area contributed by atoms with E-state index in [2.05, 4.69) is 188 Å². The second-order valence-corrected chi connectivity index (χ2v) is 23.9. The fraction of sp³-hybridized carbons (Fsp3) is 0.276. The number of fused-ring (bicyclic) bond motifs is 14. The lowest BCUT2D eigenvalue weighted by Crippen LogP contribution is -2.40. The minimum absolute atomic E-state index is 0.0716. The van der Waals surface area contributed by atoms with Gasteiger partial charge in [-0.1, -0.05) is 122 Å². The third-order valence-corrected chi connectivity index (χ3v) is 18.2. The minimum atomic E-state index is 0.0716. The lowest BCUT2D eigenvalue weighted by Gasteiger charge is -2.43. The first-order chi connectivity index (χ1) is 30.2. The van der Waals surface area contributed by atoms with Crippen molar-refractivity contribution in [3.05, 3.63) is 138 Å². The van der Waals surface area contributed by atoms with Crippen molar-refractivity contribution in [3.8, 4) is 11.1 Å². The van der Waals surface area contributed by atoms with Crippen LogP contribution in [0, 0.1) is 0 Å². The quantitative estimate of drug-likeness (QED) is 0.172. The molecule has 0 bridgehead atoms. The number of anilines is 3. The molecule has 0 saturated carbocycles. The normalized spacial score (nSPS) is 18.2. The zero-order chi connectivity index (χ0) is 42.9. The van der Waals surface area contributed by atoms with Gasteiger partial charge in [0.1, 0.15) is 0 Å². The molecule has 3 aliphatic rings. The second kappa shape index (κ2) is 12.7. The van der Waals surface area contributed by atoms with Crippen molar-refractivity contribution in [3.63, 3.8) is 0 Å². The molecule has 309 valence electrons. The van der Waals surface area contributed by atoms with Gasteiger partial charge in [0.05, 0.1) is 16.9 Å². The standard InChI is InChI=1S/C58H52BN2S2/c1-55(2)22-23-56(3,4)42-28-34(20-21-41(42)55)61-52-40-29-43-44(58(7,8)25-24-57(43,5)6)31-47(40)63-54(52)59-50-39(30-48-49(53(50)61)37-16-11-12-19-46(37)62-48)36-18-13-17-35-38-26-32-14-9-10-15-33(32)27-45(38)60-51(35)36/h9-21,26-31,60H,22-25H2,1-8H3. The maximum Gasteiger partial charge on any atom is 0.211 e. The average molecular weight is 852 g/mol. The van der Waals surface area contributed by atoms with Crippen molar-refractivity contribution in [1.29, 1.82) is 0 Å². The number of nitrogens with one attached hydrogen (secondary N) is 1. The molecule has 7 aromatic carbocycles. The van der Waals surface area contributed by atoms with Gasteiger partial charge in [-0.25, -0.2) is 0 Å². The highest BCUT2D eigenvalue weighted by molar-refractivity contribution is 7.30. The van der Waals surface area contributed by atoms with Gasteiger partial charge in [0.2, 0.25) is 7.28 Å². The Morgan fingerprint density at radius 1 is 0.492 bits per heavy atom. The fourth-order valence-electron chi connectivity index (χ4n) is 12.0. The van der Waals surface area contributed by atoms with Crippen LogP contribution in [0.3, 0.4) is 0 Å². The molecule has 2 nitrogen and oxygen atoms in total. The number of nitrogens with zero attached hydrogens (tertiary/aromatic N) is 1. The Morgan fingerprint density at radius 3 is 1.90 bits per heavy atom. The van der Waals surface area contributed by atoms with Crippen LogP contribution in [0.2, 0.25) is 0 Å². The van der Waals surface area contributed by atoms with E-state index in [0.717, 1.165) is 0 Å². The monoisotopic (exact) mass is 851 g/mol. The van der Waals surface area contributed by atoms with Gasteiger partial charge in [-0.15, -0.1) is 22.7 Å². The van der Waals surface area contributed by atoms with E-state index in [1.54, 1.807) is 0 Å². The minimum Gasteiger partial charge on any atom is -0.354 e. The van der Waals surface area contributed by atoms with Crippen molar-refractivity contribution < 1.29 is 0 Å². The molecule has 1 N–H and O–H groups in total. The summed E-state index contributed by atoms with van der Waals surface area (Å²) in [7, 11) is 2.57. The van der Waals surface area contributed by atoms with Crippen molar-refractivity contribution in [1.82, 2.24) is 4.98 Å². The molecule has 5 heteroatoms. The van der Waals surface area contributed by atoms with Crippen LogP contribution in [0.5, 0.6) is 0 Å². The van der Waals surface area contributed by atoms with Crippen LogP contribution < -0.4 is 15.1 Å². The van der Waals surface area contributed by atoms with Gasteiger partial charge >= 0.3 is 0 Å². The van der Waals surface area contributed by atoms with Gasteiger partial charge in [-0.3, -0.25) is 0 Å². The molecule has 4 heterocycles. The van der Waals surface area contributed by atoms with Crippen molar-refractivity contribution in [2.75, 3.05) is 4.90 Å². The van der Waals surface area contributed by atoms with E-state index in [9.17, 15) is 0 Å². The second-order valence-electron chi connectivity index (χ2n) is 21.7. The molecule has 0 unspecified atom stereocenters. The van der Waals surface area contributed by atoms with Crippen LogP contribution in [-0.2, 0) is 21.7 Å². The molecule has 1 radical (unpaired) electrons. The van der Waals surface area contributed by atoms with Gasteiger partial charge in [0.25, 0.3) is 0 Å². The van der Waals surface area contributed by atoms with Gasteiger partial charge in [-0.2, -0.15) is 0 Å². The highest BCUT2D eigenvalue weighted by Crippen LogP contribution is 2.55. The average Bonchev–Trinajstić information content (AvgIpc) is 3.95. The molecule has 63 heavy (non-hydrogen) atoms. The summed E-state index contributed by atoms with van der Waals surface area (Å²) in [5.41, 5.74) is 16.6. The van der Waals surface area contributed by atoms with Gasteiger partial charge < -0.3 is 9.88 Å². The fourth-order valence-corrected chi connectivity index (χ4v) is 14.3. The molecule has 10 aromatic rings. The topological polar surface area (TPSA) is 19.0 Å². The summed E-state index contributed by atoms with van der Waals surface area (Å²) in [6, 6.07) is 44.8. The van der Waals surface area contributed by atoms with Crippen LogP contribution in [0.4, 0.5) is 17.1 Å². The predicted octanol–water partition coefficient (Wildman–Crippen LogP) is 15.9. The van der Waals surface area contributed by atoms with E-state index in [1.807, 2.05) is 22.7 Å². The summed E-state index contributed by atoms with van der Waals surface area (Å²) in [4.78, 5) is 6.71. The predicted molar refractivity (Wildman–Crippen MR) is 277 cm³/mol. The molecular weight excluding hydrogens is 800 g/mol. The number of aromatic nitrogens is 1. The maximum absolute atomic E-state index is 3.98. The smallest absolute Gasteiger partial charge is 0.211 e. The summed E-state index contributed by atoms with van der Waals surface area (Å²) in [5.74, 6) is 0. The van der Waals surface area contributed by atoms with E-state index in [4.69, 9.17) is 0 Å². The number of H-pyrrole nitrogens is 1. The Hall–Kier alpha value is -5.36. The summed E-state index contributed by atoms with van der Waals surface area (Å²) in [6.07, 6.45) is 4.78. The molecule has 1 aliphatic heterocycles. The number of thiophene rings is 2. The van der Waals surface area contributed by atoms with Gasteiger partial charge in [-0.05, 0) is 145 Å². The Labute approximate surface area is 379 Å². The summed E-state index contributed by atoms with van der Waals surface area (Å²) in [5, 5.41) is 9.12. The Bertz CT molecular complexity index is 3630. The summed E-state index contributed by atoms with van der Waals surface area (Å²) >= 11 is 3.92. The maximum atomic E-state index is 3.98. The first kappa shape index (κ1) is 38.1. The molecule has 0 amide bonds. The summed E-state index contributed by atoms with van der Waals surface area (Å²) < 4.78 is 5.37. The SMILES string of the molecule is CC1(C)CCC(C)(C)c2cc(N3c4c(sc5cc6c(cc45)C(C)(C)CCC6(C)C)[B]c4c(-c5cccc6c5[nH]c5cc7ccccc7cc56)cc5sc6ccccc6c5c43)ccc21. The third kappa shape index (κ3) is 5.36. The van der Waals surface area contributed by atoms with E-state index < -0.39 is 0 Å². The Kier molecular flexibility index (Phi) is 7.67. The zero-order valence-corrected chi connectivity index (χ0v) is 39.3. The van der Waals surface area contributed by atoms with E-state index in [1.165, 1.54) is 149 Å². The third-order valence-electron chi connectivity index (χ3n) is 15.9. The molecule has 0 fully saturated rings. The van der Waals surface area contributed by atoms with E-state index in [-0.39, 0.29) is 21.7 Å². The van der Waals surface area contributed by atoms with Crippen LogP contribution in [0.1, 0.15) is 103 Å².